The van der Waals surface area contributed by atoms with E-state index in [2.05, 4.69) is 29.5 Å². The first-order chi connectivity index (χ1) is 5.22. The number of rotatable bonds is 2. The maximum atomic E-state index is 3.54. The van der Waals surface area contributed by atoms with Crippen molar-refractivity contribution in [2.45, 2.75) is 19.0 Å². The fourth-order valence-corrected chi connectivity index (χ4v) is 1.80. The largest absolute Gasteiger partial charge is 0.318 e. The number of piperazine rings is 1. The Bertz CT molecular complexity index is 106. The first-order valence-electron chi connectivity index (χ1n) is 4.31. The fourth-order valence-electron chi connectivity index (χ4n) is 1.80. The highest BCUT2D eigenvalue weighted by molar-refractivity contribution is 4.82. The van der Waals surface area contributed by atoms with Gasteiger partial charge in [0.25, 0.3) is 0 Å². The van der Waals surface area contributed by atoms with Crippen molar-refractivity contribution in [1.29, 1.82) is 0 Å². The molecule has 2 N–H and O–H groups in total. The third kappa shape index (κ3) is 2.77. The maximum Gasteiger partial charge on any atom is 0.0322 e. The zero-order valence-corrected chi connectivity index (χ0v) is 7.72. The molecule has 66 valence electrons. The van der Waals surface area contributed by atoms with Crippen molar-refractivity contribution in [3.8, 4) is 0 Å². The monoisotopic (exact) mass is 157 g/mol. The lowest BCUT2D eigenvalue weighted by atomic mass is 10.1. The fraction of sp³-hybridized carbons (Fsp3) is 1.00. The van der Waals surface area contributed by atoms with Crippen molar-refractivity contribution in [1.82, 2.24) is 15.5 Å². The van der Waals surface area contributed by atoms with Crippen molar-refractivity contribution in [2.75, 3.05) is 33.7 Å². The van der Waals surface area contributed by atoms with E-state index in [0.29, 0.717) is 12.1 Å². The van der Waals surface area contributed by atoms with Crippen LogP contribution in [0.15, 0.2) is 0 Å². The second kappa shape index (κ2) is 4.04. The molecule has 1 fully saturated rings. The molecule has 0 aliphatic carbocycles. The lowest BCUT2D eigenvalue weighted by molar-refractivity contribution is 0.198. The maximum absolute atomic E-state index is 3.54. The molecule has 0 radical (unpaired) electrons. The average molecular weight is 157 g/mol. The van der Waals surface area contributed by atoms with E-state index in [0.717, 1.165) is 13.1 Å². The van der Waals surface area contributed by atoms with E-state index in [1.165, 1.54) is 6.54 Å². The number of likely N-dealkylation sites (N-methyl/N-ethyl adjacent to an activating group) is 2. The van der Waals surface area contributed by atoms with Crippen LogP contribution in [-0.2, 0) is 0 Å². The van der Waals surface area contributed by atoms with Crippen LogP contribution in [0.25, 0.3) is 0 Å². The van der Waals surface area contributed by atoms with E-state index in [-0.39, 0.29) is 0 Å². The Morgan fingerprint density at radius 2 is 2.27 bits per heavy atom. The van der Waals surface area contributed by atoms with Gasteiger partial charge in [-0.3, -0.25) is 0 Å². The SMILES string of the molecule is CNCC1CN(C)CC(C)N1. The molecule has 2 unspecified atom stereocenters. The van der Waals surface area contributed by atoms with Crippen LogP contribution in [0.5, 0.6) is 0 Å². The summed E-state index contributed by atoms with van der Waals surface area (Å²) < 4.78 is 0. The number of hydrogen-bond acceptors (Lipinski definition) is 3. The molecule has 0 spiro atoms. The molecule has 0 saturated carbocycles. The number of nitrogens with zero attached hydrogens (tertiary/aromatic N) is 1. The molecule has 1 aliphatic rings. The van der Waals surface area contributed by atoms with Crippen molar-refractivity contribution in [3.05, 3.63) is 0 Å². The van der Waals surface area contributed by atoms with Gasteiger partial charge >= 0.3 is 0 Å². The van der Waals surface area contributed by atoms with E-state index in [4.69, 9.17) is 0 Å². The summed E-state index contributed by atoms with van der Waals surface area (Å²) in [7, 11) is 4.18. The summed E-state index contributed by atoms with van der Waals surface area (Å²) in [4.78, 5) is 2.38. The van der Waals surface area contributed by atoms with Gasteiger partial charge in [-0.2, -0.15) is 0 Å². The molecule has 1 heterocycles. The third-order valence-corrected chi connectivity index (χ3v) is 2.09. The molecule has 1 saturated heterocycles. The molecule has 0 aromatic carbocycles. The molecule has 11 heavy (non-hydrogen) atoms. The Morgan fingerprint density at radius 3 is 2.82 bits per heavy atom. The lowest BCUT2D eigenvalue weighted by Crippen LogP contribution is -2.56. The first kappa shape index (κ1) is 8.97. The molecule has 0 bridgehead atoms. The summed E-state index contributed by atoms with van der Waals surface area (Å²) in [6.45, 7) is 5.62. The van der Waals surface area contributed by atoms with Gasteiger partial charge in [-0.05, 0) is 21.0 Å². The molecule has 0 amide bonds. The molecule has 0 aromatic heterocycles. The highest BCUT2D eigenvalue weighted by Crippen LogP contribution is 2.00. The second-order valence-electron chi connectivity index (χ2n) is 3.54. The lowest BCUT2D eigenvalue weighted by Gasteiger charge is -2.35. The van der Waals surface area contributed by atoms with Gasteiger partial charge in [0, 0.05) is 31.7 Å². The molecular weight excluding hydrogens is 138 g/mol. The van der Waals surface area contributed by atoms with Crippen LogP contribution in [0.1, 0.15) is 6.92 Å². The summed E-state index contributed by atoms with van der Waals surface area (Å²) in [5.74, 6) is 0. The minimum absolute atomic E-state index is 0.619. The molecule has 2 atom stereocenters. The van der Waals surface area contributed by atoms with Crippen LogP contribution < -0.4 is 10.6 Å². The van der Waals surface area contributed by atoms with Gasteiger partial charge in [-0.15, -0.1) is 0 Å². The van der Waals surface area contributed by atoms with Crippen LogP contribution in [0.2, 0.25) is 0 Å². The summed E-state index contributed by atoms with van der Waals surface area (Å²) in [6.07, 6.45) is 0. The number of nitrogens with one attached hydrogen (secondary N) is 2. The number of hydrogen-bond donors (Lipinski definition) is 2. The predicted octanol–water partition coefficient (Wildman–Crippen LogP) is -0.502. The summed E-state index contributed by atoms with van der Waals surface area (Å²) in [5, 5.41) is 6.73. The summed E-state index contributed by atoms with van der Waals surface area (Å²) in [5.41, 5.74) is 0. The van der Waals surface area contributed by atoms with Crippen LogP contribution >= 0.6 is 0 Å². The predicted molar refractivity (Wildman–Crippen MR) is 47.8 cm³/mol. The van der Waals surface area contributed by atoms with Crippen molar-refractivity contribution in [2.24, 2.45) is 0 Å². The Labute approximate surface area is 69.1 Å². The van der Waals surface area contributed by atoms with E-state index in [9.17, 15) is 0 Å². The minimum Gasteiger partial charge on any atom is -0.318 e. The summed E-state index contributed by atoms with van der Waals surface area (Å²) in [6, 6.07) is 1.25. The van der Waals surface area contributed by atoms with E-state index in [1.54, 1.807) is 0 Å². The normalized spacial score (nSPS) is 34.1. The summed E-state index contributed by atoms with van der Waals surface area (Å²) >= 11 is 0. The van der Waals surface area contributed by atoms with Crippen molar-refractivity contribution >= 4 is 0 Å². The van der Waals surface area contributed by atoms with Gasteiger partial charge in [-0.1, -0.05) is 0 Å². The molecule has 3 nitrogen and oxygen atoms in total. The molecule has 1 rings (SSSR count). The van der Waals surface area contributed by atoms with Gasteiger partial charge in [0.2, 0.25) is 0 Å². The smallest absolute Gasteiger partial charge is 0.0322 e. The topological polar surface area (TPSA) is 27.3 Å². The zero-order valence-electron chi connectivity index (χ0n) is 7.72. The average Bonchev–Trinajstić information content (AvgIpc) is 1.85. The molecular formula is C8H19N3. The third-order valence-electron chi connectivity index (χ3n) is 2.09. The van der Waals surface area contributed by atoms with Gasteiger partial charge in [0.05, 0.1) is 0 Å². The van der Waals surface area contributed by atoms with Crippen LogP contribution in [0, 0.1) is 0 Å². The Morgan fingerprint density at radius 1 is 1.55 bits per heavy atom. The van der Waals surface area contributed by atoms with Crippen molar-refractivity contribution < 1.29 is 0 Å². The molecule has 3 heteroatoms. The second-order valence-corrected chi connectivity index (χ2v) is 3.54. The highest BCUT2D eigenvalue weighted by atomic mass is 15.2. The molecule has 1 aliphatic heterocycles. The zero-order chi connectivity index (χ0) is 8.27. The quantitative estimate of drug-likeness (QED) is 0.566. The standard InChI is InChI=1S/C8H19N3/c1-7-5-11(3)6-8(10-7)4-9-2/h7-10H,4-6H2,1-3H3. The van der Waals surface area contributed by atoms with Crippen LogP contribution in [0.4, 0.5) is 0 Å². The Hall–Kier alpha value is -0.120. The van der Waals surface area contributed by atoms with Crippen LogP contribution in [-0.4, -0.2) is 50.7 Å². The van der Waals surface area contributed by atoms with Gasteiger partial charge < -0.3 is 15.5 Å². The van der Waals surface area contributed by atoms with E-state index < -0.39 is 0 Å². The Kier molecular flexibility index (Phi) is 3.30. The van der Waals surface area contributed by atoms with Gasteiger partial charge in [0.15, 0.2) is 0 Å². The molecule has 0 aromatic rings. The highest BCUT2D eigenvalue weighted by Gasteiger charge is 2.19. The van der Waals surface area contributed by atoms with Gasteiger partial charge in [-0.25, -0.2) is 0 Å². The van der Waals surface area contributed by atoms with E-state index in [1.807, 2.05) is 7.05 Å². The van der Waals surface area contributed by atoms with E-state index >= 15 is 0 Å². The first-order valence-corrected chi connectivity index (χ1v) is 4.31. The van der Waals surface area contributed by atoms with Crippen molar-refractivity contribution in [3.63, 3.8) is 0 Å². The minimum atomic E-state index is 0.619. The van der Waals surface area contributed by atoms with Gasteiger partial charge in [0.1, 0.15) is 0 Å². The van der Waals surface area contributed by atoms with Crippen LogP contribution in [0.3, 0.4) is 0 Å². The Balaban J connectivity index is 2.30.